The van der Waals surface area contributed by atoms with Crippen LogP contribution < -0.4 is 5.73 Å². The molecule has 0 aliphatic carbocycles. The van der Waals surface area contributed by atoms with Gasteiger partial charge in [-0.25, -0.2) is 0 Å². The molecule has 1 rings (SSSR count). The van der Waals surface area contributed by atoms with Crippen LogP contribution in [0.25, 0.3) is 0 Å². The van der Waals surface area contributed by atoms with E-state index < -0.39 is 17.8 Å². The van der Waals surface area contributed by atoms with Crippen molar-refractivity contribution in [2.45, 2.75) is 25.6 Å². The lowest BCUT2D eigenvalue weighted by atomic mass is 9.98. The Balaban J connectivity index is 3.13. The first-order chi connectivity index (χ1) is 8.41. The molecule has 18 heavy (non-hydrogen) atoms. The van der Waals surface area contributed by atoms with Gasteiger partial charge >= 0.3 is 6.18 Å². The molecular formula is C13H19F3N2. The van der Waals surface area contributed by atoms with Gasteiger partial charge in [-0.2, -0.15) is 13.2 Å². The van der Waals surface area contributed by atoms with Crippen LogP contribution in [-0.2, 0) is 6.18 Å². The summed E-state index contributed by atoms with van der Waals surface area (Å²) in [6, 6.07) is 5.24. The number of alkyl halides is 3. The average molecular weight is 260 g/mol. The van der Waals surface area contributed by atoms with Gasteiger partial charge in [-0.1, -0.05) is 25.1 Å². The molecule has 1 aromatic carbocycles. The van der Waals surface area contributed by atoms with Crippen molar-refractivity contribution in [3.05, 3.63) is 35.4 Å². The number of likely N-dealkylation sites (N-methyl/N-ethyl adjacent to an activating group) is 1. The zero-order valence-electron chi connectivity index (χ0n) is 10.7. The molecule has 1 aromatic rings. The zero-order valence-corrected chi connectivity index (χ0v) is 10.7. The monoisotopic (exact) mass is 260 g/mol. The van der Waals surface area contributed by atoms with E-state index in [0.717, 1.165) is 12.5 Å². The molecule has 2 N–H and O–H groups in total. The van der Waals surface area contributed by atoms with Crippen molar-refractivity contribution < 1.29 is 13.2 Å². The molecule has 0 heterocycles. The van der Waals surface area contributed by atoms with E-state index in [0.29, 0.717) is 6.54 Å². The standard InChI is InChI=1S/C13H19F3N2/c1-3-8-18(2)12(9-17)10-6-4-5-7-11(10)13(14,15)16/h4-7,12H,3,8-9,17H2,1-2H3. The Labute approximate surface area is 106 Å². The molecule has 2 nitrogen and oxygen atoms in total. The van der Waals surface area contributed by atoms with Crippen LogP contribution in [0.1, 0.15) is 30.5 Å². The van der Waals surface area contributed by atoms with Gasteiger partial charge in [0.2, 0.25) is 0 Å². The van der Waals surface area contributed by atoms with E-state index in [1.165, 1.54) is 12.1 Å². The van der Waals surface area contributed by atoms with Crippen molar-refractivity contribution in [3.63, 3.8) is 0 Å². The van der Waals surface area contributed by atoms with Crippen molar-refractivity contribution in [2.75, 3.05) is 20.1 Å². The van der Waals surface area contributed by atoms with Gasteiger partial charge < -0.3 is 5.73 Å². The first-order valence-corrected chi connectivity index (χ1v) is 5.98. The second kappa shape index (κ2) is 6.20. The molecule has 0 saturated heterocycles. The van der Waals surface area contributed by atoms with Crippen LogP contribution in [0.4, 0.5) is 13.2 Å². The molecular weight excluding hydrogens is 241 g/mol. The lowest BCUT2D eigenvalue weighted by Crippen LogP contribution is -2.32. The summed E-state index contributed by atoms with van der Waals surface area (Å²) in [6.45, 7) is 2.87. The van der Waals surface area contributed by atoms with Crippen molar-refractivity contribution in [2.24, 2.45) is 5.73 Å². The molecule has 0 aromatic heterocycles. The highest BCUT2D eigenvalue weighted by atomic mass is 19.4. The van der Waals surface area contributed by atoms with Crippen LogP contribution >= 0.6 is 0 Å². The molecule has 102 valence electrons. The quantitative estimate of drug-likeness (QED) is 0.881. The van der Waals surface area contributed by atoms with E-state index in [1.807, 2.05) is 11.8 Å². The first-order valence-electron chi connectivity index (χ1n) is 5.98. The number of benzene rings is 1. The van der Waals surface area contributed by atoms with Gasteiger partial charge in [-0.15, -0.1) is 0 Å². The van der Waals surface area contributed by atoms with E-state index in [2.05, 4.69) is 0 Å². The fourth-order valence-corrected chi connectivity index (χ4v) is 2.10. The third kappa shape index (κ3) is 3.46. The SMILES string of the molecule is CCCN(C)C(CN)c1ccccc1C(F)(F)F. The Hall–Kier alpha value is -1.07. The number of hydrogen-bond acceptors (Lipinski definition) is 2. The van der Waals surface area contributed by atoms with Gasteiger partial charge in [0.25, 0.3) is 0 Å². The van der Waals surface area contributed by atoms with Crippen LogP contribution in [0, 0.1) is 0 Å². The Morgan fingerprint density at radius 2 is 1.89 bits per heavy atom. The lowest BCUT2D eigenvalue weighted by molar-refractivity contribution is -0.138. The summed E-state index contributed by atoms with van der Waals surface area (Å²) in [5.41, 5.74) is 5.30. The number of hydrogen-bond donors (Lipinski definition) is 1. The van der Waals surface area contributed by atoms with Crippen molar-refractivity contribution in [3.8, 4) is 0 Å². The summed E-state index contributed by atoms with van der Waals surface area (Å²) >= 11 is 0. The minimum absolute atomic E-state index is 0.170. The number of nitrogens with two attached hydrogens (primary N) is 1. The van der Waals surface area contributed by atoms with Crippen LogP contribution in [0.2, 0.25) is 0 Å². The van der Waals surface area contributed by atoms with E-state index in [4.69, 9.17) is 5.73 Å². The summed E-state index contributed by atoms with van der Waals surface area (Å²) in [7, 11) is 1.80. The zero-order chi connectivity index (χ0) is 13.8. The summed E-state index contributed by atoms with van der Waals surface area (Å²) in [6.07, 6.45) is -3.46. The summed E-state index contributed by atoms with van der Waals surface area (Å²) in [5, 5.41) is 0. The minimum Gasteiger partial charge on any atom is -0.329 e. The Morgan fingerprint density at radius 3 is 2.39 bits per heavy atom. The van der Waals surface area contributed by atoms with Crippen LogP contribution in [-0.4, -0.2) is 25.0 Å². The number of nitrogens with zero attached hydrogens (tertiary/aromatic N) is 1. The molecule has 0 saturated carbocycles. The molecule has 0 aliphatic heterocycles. The van der Waals surface area contributed by atoms with Gasteiger partial charge in [-0.3, -0.25) is 4.90 Å². The number of halogens is 3. The normalized spacial score (nSPS) is 13.9. The summed E-state index contributed by atoms with van der Waals surface area (Å²) in [4.78, 5) is 1.87. The molecule has 0 amide bonds. The fraction of sp³-hybridized carbons (Fsp3) is 0.538. The Kier molecular flexibility index (Phi) is 5.16. The molecule has 1 unspecified atom stereocenters. The third-order valence-electron chi connectivity index (χ3n) is 2.96. The second-order valence-electron chi connectivity index (χ2n) is 4.32. The largest absolute Gasteiger partial charge is 0.416 e. The van der Waals surface area contributed by atoms with Crippen LogP contribution in [0.15, 0.2) is 24.3 Å². The Morgan fingerprint density at radius 1 is 1.28 bits per heavy atom. The smallest absolute Gasteiger partial charge is 0.329 e. The predicted octanol–water partition coefficient (Wildman–Crippen LogP) is 3.05. The highest BCUT2D eigenvalue weighted by Gasteiger charge is 2.35. The molecule has 5 heteroatoms. The van der Waals surface area contributed by atoms with Crippen molar-refractivity contribution >= 4 is 0 Å². The van der Waals surface area contributed by atoms with Gasteiger partial charge in [0.15, 0.2) is 0 Å². The second-order valence-corrected chi connectivity index (χ2v) is 4.32. The van der Waals surface area contributed by atoms with Crippen molar-refractivity contribution in [1.29, 1.82) is 0 Å². The van der Waals surface area contributed by atoms with E-state index in [1.54, 1.807) is 13.1 Å². The van der Waals surface area contributed by atoms with Gasteiger partial charge in [0.1, 0.15) is 0 Å². The highest BCUT2D eigenvalue weighted by Crippen LogP contribution is 2.35. The summed E-state index contributed by atoms with van der Waals surface area (Å²) in [5.74, 6) is 0. The maximum Gasteiger partial charge on any atom is 0.416 e. The first kappa shape index (κ1) is 15.0. The van der Waals surface area contributed by atoms with E-state index in [9.17, 15) is 13.2 Å². The maximum absolute atomic E-state index is 12.9. The topological polar surface area (TPSA) is 29.3 Å². The summed E-state index contributed by atoms with van der Waals surface area (Å²) < 4.78 is 38.8. The van der Waals surface area contributed by atoms with Crippen LogP contribution in [0.3, 0.4) is 0 Å². The maximum atomic E-state index is 12.9. The van der Waals surface area contributed by atoms with Gasteiger partial charge in [0, 0.05) is 12.6 Å². The van der Waals surface area contributed by atoms with Gasteiger partial charge in [-0.05, 0) is 31.6 Å². The van der Waals surface area contributed by atoms with Crippen molar-refractivity contribution in [1.82, 2.24) is 4.90 Å². The molecule has 0 spiro atoms. The molecule has 0 aliphatic rings. The Bertz CT molecular complexity index is 377. The number of rotatable bonds is 5. The third-order valence-corrected chi connectivity index (χ3v) is 2.96. The van der Waals surface area contributed by atoms with Crippen LogP contribution in [0.5, 0.6) is 0 Å². The van der Waals surface area contributed by atoms with E-state index in [-0.39, 0.29) is 12.1 Å². The van der Waals surface area contributed by atoms with E-state index >= 15 is 0 Å². The molecule has 1 atom stereocenters. The lowest BCUT2D eigenvalue weighted by Gasteiger charge is -2.29. The average Bonchev–Trinajstić information content (AvgIpc) is 2.29. The molecule has 0 bridgehead atoms. The minimum atomic E-state index is -4.34. The molecule has 0 fully saturated rings. The highest BCUT2D eigenvalue weighted by molar-refractivity contribution is 5.32. The fourth-order valence-electron chi connectivity index (χ4n) is 2.10. The van der Waals surface area contributed by atoms with Gasteiger partial charge in [0.05, 0.1) is 5.56 Å². The predicted molar refractivity (Wildman–Crippen MR) is 66.2 cm³/mol. The molecule has 0 radical (unpaired) electrons.